The normalized spacial score (nSPS) is 11.7. The summed E-state index contributed by atoms with van der Waals surface area (Å²) in [6.07, 6.45) is 4.06. The maximum Gasteiger partial charge on any atom is 0.111 e. The number of allylic oxidation sites excluding steroid dienone is 1. The van der Waals surface area contributed by atoms with Crippen LogP contribution in [0.5, 0.6) is 0 Å². The van der Waals surface area contributed by atoms with E-state index in [1.54, 1.807) is 6.26 Å². The number of hydrogen-bond donors (Lipinski definition) is 0. The van der Waals surface area contributed by atoms with E-state index in [1.165, 1.54) is 5.56 Å². The highest BCUT2D eigenvalue weighted by Gasteiger charge is 1.94. The molecule has 4 heteroatoms. The molecule has 0 N–H and O–H groups in total. The molecule has 0 spiro atoms. The summed E-state index contributed by atoms with van der Waals surface area (Å²) in [6.45, 7) is 8.58. The maximum atomic E-state index is 5.48. The van der Waals surface area contributed by atoms with Gasteiger partial charge < -0.3 is 18.9 Å². The van der Waals surface area contributed by atoms with Gasteiger partial charge in [-0.25, -0.2) is 0 Å². The van der Waals surface area contributed by atoms with E-state index in [-0.39, 0.29) is 0 Å². The fourth-order valence-electron chi connectivity index (χ4n) is 1.85. The largest absolute Gasteiger partial charge is 0.498 e. The van der Waals surface area contributed by atoms with Crippen molar-refractivity contribution in [2.75, 3.05) is 46.2 Å². The Morgan fingerprint density at radius 3 is 2.00 bits per heavy atom. The average molecular weight is 322 g/mol. The van der Waals surface area contributed by atoms with Crippen molar-refractivity contribution in [2.45, 2.75) is 26.7 Å². The highest BCUT2D eigenvalue weighted by Crippen LogP contribution is 2.12. The lowest BCUT2D eigenvalue weighted by Gasteiger charge is -2.07. The second-order valence-electron chi connectivity index (χ2n) is 5.23. The number of ether oxygens (including phenoxy) is 4. The molecule has 0 aliphatic carbocycles. The number of rotatable bonds is 14. The summed E-state index contributed by atoms with van der Waals surface area (Å²) in [6, 6.07) is 10.2. The van der Waals surface area contributed by atoms with Crippen LogP contribution in [0.2, 0.25) is 0 Å². The molecular weight excluding hydrogens is 292 g/mol. The van der Waals surface area contributed by atoms with Crippen LogP contribution in [0.25, 0.3) is 5.57 Å². The van der Waals surface area contributed by atoms with Gasteiger partial charge in [0.2, 0.25) is 0 Å². The van der Waals surface area contributed by atoms with Gasteiger partial charge in [-0.15, -0.1) is 0 Å². The standard InChI is InChI=1S/C19H30O4/c1-3-4-10-20-11-12-21-13-14-22-15-16-23-17-18(2)19-8-6-5-7-9-19/h5-9,17H,3-4,10-16H2,1-2H3. The van der Waals surface area contributed by atoms with Crippen molar-refractivity contribution in [3.63, 3.8) is 0 Å². The molecule has 1 aromatic carbocycles. The molecule has 0 saturated carbocycles. The van der Waals surface area contributed by atoms with E-state index < -0.39 is 0 Å². The van der Waals surface area contributed by atoms with E-state index in [9.17, 15) is 0 Å². The van der Waals surface area contributed by atoms with Gasteiger partial charge in [0.1, 0.15) is 6.61 Å². The Balaban J connectivity index is 1.88. The van der Waals surface area contributed by atoms with Crippen LogP contribution in [0.15, 0.2) is 36.6 Å². The van der Waals surface area contributed by atoms with Crippen molar-refractivity contribution in [3.05, 3.63) is 42.2 Å². The van der Waals surface area contributed by atoms with Gasteiger partial charge in [-0.1, -0.05) is 43.7 Å². The Morgan fingerprint density at radius 2 is 1.39 bits per heavy atom. The summed E-state index contributed by atoms with van der Waals surface area (Å²) in [5.74, 6) is 0. The summed E-state index contributed by atoms with van der Waals surface area (Å²) in [5, 5.41) is 0. The van der Waals surface area contributed by atoms with Crippen molar-refractivity contribution in [3.8, 4) is 0 Å². The first-order chi connectivity index (χ1) is 11.3. The molecule has 0 aliphatic heterocycles. The van der Waals surface area contributed by atoms with Crippen LogP contribution in [-0.2, 0) is 18.9 Å². The van der Waals surface area contributed by atoms with Gasteiger partial charge in [-0.2, -0.15) is 0 Å². The van der Waals surface area contributed by atoms with E-state index >= 15 is 0 Å². The summed E-state index contributed by atoms with van der Waals surface area (Å²) in [5.41, 5.74) is 2.28. The second kappa shape index (κ2) is 14.2. The average Bonchev–Trinajstić information content (AvgIpc) is 2.59. The lowest BCUT2D eigenvalue weighted by Crippen LogP contribution is -2.11. The van der Waals surface area contributed by atoms with Crippen LogP contribution < -0.4 is 0 Å². The van der Waals surface area contributed by atoms with E-state index in [0.29, 0.717) is 39.6 Å². The first kappa shape index (κ1) is 19.7. The van der Waals surface area contributed by atoms with Crippen LogP contribution in [-0.4, -0.2) is 46.2 Å². The third-order valence-electron chi connectivity index (χ3n) is 3.22. The molecule has 0 aliphatic rings. The van der Waals surface area contributed by atoms with E-state index in [1.807, 2.05) is 25.1 Å². The zero-order valence-electron chi connectivity index (χ0n) is 14.5. The monoisotopic (exact) mass is 322 g/mol. The lowest BCUT2D eigenvalue weighted by molar-refractivity contribution is 0.00624. The molecule has 130 valence electrons. The molecule has 1 aromatic rings. The maximum absolute atomic E-state index is 5.48. The van der Waals surface area contributed by atoms with Gasteiger partial charge in [0, 0.05) is 6.61 Å². The molecule has 0 fully saturated rings. The Hall–Kier alpha value is -1.36. The Bertz CT molecular complexity index is 403. The molecule has 0 heterocycles. The lowest BCUT2D eigenvalue weighted by atomic mass is 10.1. The minimum absolute atomic E-state index is 0.546. The summed E-state index contributed by atoms with van der Waals surface area (Å²) in [4.78, 5) is 0. The molecule has 0 bridgehead atoms. The van der Waals surface area contributed by atoms with Crippen molar-refractivity contribution < 1.29 is 18.9 Å². The van der Waals surface area contributed by atoms with Crippen molar-refractivity contribution in [1.82, 2.24) is 0 Å². The molecule has 4 nitrogen and oxygen atoms in total. The predicted molar refractivity (Wildman–Crippen MR) is 93.4 cm³/mol. The quantitative estimate of drug-likeness (QED) is 0.384. The molecule has 0 radical (unpaired) electrons. The third-order valence-corrected chi connectivity index (χ3v) is 3.22. The minimum atomic E-state index is 0.546. The highest BCUT2D eigenvalue weighted by atomic mass is 16.6. The second-order valence-corrected chi connectivity index (χ2v) is 5.23. The summed E-state index contributed by atoms with van der Waals surface area (Å²) >= 11 is 0. The van der Waals surface area contributed by atoms with Gasteiger partial charge in [-0.05, 0) is 24.5 Å². The molecule has 0 aromatic heterocycles. The Morgan fingerprint density at radius 1 is 0.826 bits per heavy atom. The van der Waals surface area contributed by atoms with Crippen molar-refractivity contribution in [1.29, 1.82) is 0 Å². The number of benzene rings is 1. The van der Waals surface area contributed by atoms with Crippen LogP contribution in [0.1, 0.15) is 32.3 Å². The summed E-state index contributed by atoms with van der Waals surface area (Å²) in [7, 11) is 0. The SMILES string of the molecule is CCCCOCCOCCOCCOC=C(C)c1ccccc1. The third kappa shape index (κ3) is 10.9. The van der Waals surface area contributed by atoms with Crippen LogP contribution in [0, 0.1) is 0 Å². The van der Waals surface area contributed by atoms with Crippen molar-refractivity contribution >= 4 is 5.57 Å². The molecule has 0 atom stereocenters. The predicted octanol–water partition coefficient (Wildman–Crippen LogP) is 3.91. The fourth-order valence-corrected chi connectivity index (χ4v) is 1.85. The topological polar surface area (TPSA) is 36.9 Å². The fraction of sp³-hybridized carbons (Fsp3) is 0.579. The van der Waals surface area contributed by atoms with E-state index in [0.717, 1.165) is 25.0 Å². The molecular formula is C19H30O4. The first-order valence-corrected chi connectivity index (χ1v) is 8.41. The molecule has 23 heavy (non-hydrogen) atoms. The Labute approximate surface area is 140 Å². The van der Waals surface area contributed by atoms with Gasteiger partial charge in [0.15, 0.2) is 0 Å². The van der Waals surface area contributed by atoms with Gasteiger partial charge in [0.25, 0.3) is 0 Å². The Kier molecular flexibility index (Phi) is 12.2. The van der Waals surface area contributed by atoms with Crippen LogP contribution in [0.4, 0.5) is 0 Å². The molecule has 0 unspecified atom stereocenters. The first-order valence-electron chi connectivity index (χ1n) is 8.41. The van der Waals surface area contributed by atoms with Crippen molar-refractivity contribution in [2.24, 2.45) is 0 Å². The number of hydrogen-bond acceptors (Lipinski definition) is 4. The minimum Gasteiger partial charge on any atom is -0.498 e. The van der Waals surface area contributed by atoms with Gasteiger partial charge in [0.05, 0.1) is 39.3 Å². The number of unbranched alkanes of at least 4 members (excludes halogenated alkanes) is 1. The van der Waals surface area contributed by atoms with E-state index in [2.05, 4.69) is 19.1 Å². The highest BCUT2D eigenvalue weighted by molar-refractivity contribution is 5.62. The zero-order valence-corrected chi connectivity index (χ0v) is 14.5. The van der Waals surface area contributed by atoms with E-state index in [4.69, 9.17) is 18.9 Å². The van der Waals surface area contributed by atoms with Gasteiger partial charge in [-0.3, -0.25) is 0 Å². The molecule has 0 amide bonds. The van der Waals surface area contributed by atoms with Crippen LogP contribution in [0.3, 0.4) is 0 Å². The molecule has 1 rings (SSSR count). The zero-order chi connectivity index (χ0) is 16.6. The molecule has 0 saturated heterocycles. The van der Waals surface area contributed by atoms with Crippen LogP contribution >= 0.6 is 0 Å². The van der Waals surface area contributed by atoms with Gasteiger partial charge >= 0.3 is 0 Å². The smallest absolute Gasteiger partial charge is 0.111 e. The summed E-state index contributed by atoms with van der Waals surface area (Å²) < 4.78 is 21.7.